The van der Waals surface area contributed by atoms with Crippen LogP contribution in [0, 0.1) is 11.8 Å². The SMILES string of the molecule is CNC(C(=O)Nc1ccccc1)C(C)C.COC(=O)NC(C(=O)N1CCCC1C(=O)Nc1ccc([C@H]2CCCN2c2ccc(-c3ccc(N4CCOCC4)nc3)cc2)cc1)C(C)C.COC=O. The second-order valence-corrected chi connectivity index (χ2v) is 17.3. The largest absolute Gasteiger partial charge is 0.471 e. The van der Waals surface area contributed by atoms with E-state index in [0.29, 0.717) is 25.1 Å². The molecular weight excluding hydrogens is 853 g/mol. The molecule has 4 atom stereocenters. The fourth-order valence-electron chi connectivity index (χ4n) is 8.51. The number of rotatable bonds is 14. The lowest BCUT2D eigenvalue weighted by Gasteiger charge is -2.30. The van der Waals surface area contributed by atoms with Crippen molar-refractivity contribution >= 4 is 53.2 Å². The predicted molar refractivity (Wildman–Crippen MR) is 262 cm³/mol. The smallest absolute Gasteiger partial charge is 0.407 e. The maximum atomic E-state index is 13.4. The fourth-order valence-corrected chi connectivity index (χ4v) is 8.51. The van der Waals surface area contributed by atoms with Crippen LogP contribution >= 0.6 is 0 Å². The van der Waals surface area contributed by atoms with E-state index in [-0.39, 0.29) is 41.6 Å². The van der Waals surface area contributed by atoms with Gasteiger partial charge >= 0.3 is 6.09 Å². The van der Waals surface area contributed by atoms with E-state index in [0.717, 1.165) is 74.7 Å². The first-order valence-electron chi connectivity index (χ1n) is 23.1. The number of amides is 4. The summed E-state index contributed by atoms with van der Waals surface area (Å²) in [4.78, 5) is 70.4. The van der Waals surface area contributed by atoms with Gasteiger partial charge in [0.2, 0.25) is 17.7 Å². The van der Waals surface area contributed by atoms with E-state index in [1.807, 2.05) is 76.4 Å². The van der Waals surface area contributed by atoms with Gasteiger partial charge in [-0.2, -0.15) is 0 Å². The molecule has 7 rings (SSSR count). The van der Waals surface area contributed by atoms with Crippen LogP contribution in [0.5, 0.6) is 0 Å². The predicted octanol–water partition coefficient (Wildman–Crippen LogP) is 6.90. The van der Waals surface area contributed by atoms with E-state index >= 15 is 0 Å². The van der Waals surface area contributed by atoms with Crippen LogP contribution < -0.4 is 31.1 Å². The van der Waals surface area contributed by atoms with Crippen molar-refractivity contribution in [1.82, 2.24) is 20.5 Å². The number of morpholine rings is 1. The highest BCUT2D eigenvalue weighted by atomic mass is 16.5. The average Bonchev–Trinajstić information content (AvgIpc) is 4.06. The third-order valence-electron chi connectivity index (χ3n) is 12.1. The van der Waals surface area contributed by atoms with Crippen LogP contribution in [0.3, 0.4) is 0 Å². The number of benzene rings is 3. The number of nitrogens with zero attached hydrogens (tertiary/aromatic N) is 4. The molecule has 0 radical (unpaired) electrons. The lowest BCUT2D eigenvalue weighted by Crippen LogP contribution is -2.54. The summed E-state index contributed by atoms with van der Waals surface area (Å²) in [5.74, 6) is 0.637. The quantitative estimate of drug-likeness (QED) is 0.0963. The van der Waals surface area contributed by atoms with Crippen molar-refractivity contribution in [3.8, 4) is 11.1 Å². The average molecular weight is 921 g/mol. The van der Waals surface area contributed by atoms with E-state index < -0.39 is 18.2 Å². The number of carbonyl (C=O) groups is 5. The van der Waals surface area contributed by atoms with Gasteiger partial charge < -0.3 is 50.2 Å². The Morgan fingerprint density at radius 3 is 1.96 bits per heavy atom. The minimum absolute atomic E-state index is 0.0127. The Balaban J connectivity index is 0.000000370. The minimum Gasteiger partial charge on any atom is -0.471 e. The van der Waals surface area contributed by atoms with Crippen molar-refractivity contribution in [2.75, 3.05) is 81.1 Å². The van der Waals surface area contributed by atoms with Crippen molar-refractivity contribution in [3.63, 3.8) is 0 Å². The molecule has 1 aromatic heterocycles. The first-order valence-corrected chi connectivity index (χ1v) is 23.1. The van der Waals surface area contributed by atoms with Gasteiger partial charge in [0.15, 0.2) is 0 Å². The first kappa shape index (κ1) is 51.5. The third-order valence-corrected chi connectivity index (χ3v) is 12.1. The number of anilines is 4. The molecule has 0 saturated carbocycles. The maximum Gasteiger partial charge on any atom is 0.407 e. The number of pyridine rings is 1. The van der Waals surface area contributed by atoms with Crippen molar-refractivity contribution in [1.29, 1.82) is 0 Å². The number of methoxy groups -OCH3 is 2. The zero-order valence-corrected chi connectivity index (χ0v) is 39.9. The third kappa shape index (κ3) is 14.5. The molecule has 3 aliphatic rings. The van der Waals surface area contributed by atoms with Gasteiger partial charge in [-0.1, -0.05) is 70.2 Å². The van der Waals surface area contributed by atoms with Gasteiger partial charge in [-0.05, 0) is 104 Å². The standard InChI is InChI=1S/C37H46N6O5.C12H18N2O.C2H4O2/c1-25(2)34(40-37(46)47-3)36(45)43-19-5-7-32(43)35(44)39-29-13-8-27(9-14-29)31-6-4-18-42(31)30-15-10-26(11-16-30)28-12-17-33(38-24-28)41-20-22-48-23-21-41;1-9(2)11(13-3)12(15)14-10-7-5-4-6-8-10;1-4-2-3/h8-17,24-25,31-32,34H,4-7,18-23H2,1-3H3,(H,39,44)(H,40,46);4-9,11,13H,1-3H3,(H,14,15);2H,1H3/t31-,32?,34?;;/m1../s1. The Hall–Kier alpha value is -6.52. The summed E-state index contributed by atoms with van der Waals surface area (Å²) in [7, 11) is 4.38. The number of likely N-dealkylation sites (tertiary alicyclic amines) is 1. The number of aromatic nitrogens is 1. The topological polar surface area (TPSA) is 184 Å². The number of ether oxygens (including phenoxy) is 3. The van der Waals surface area contributed by atoms with Gasteiger partial charge in [-0.3, -0.25) is 19.2 Å². The monoisotopic (exact) mass is 921 g/mol. The lowest BCUT2D eigenvalue weighted by molar-refractivity contribution is -0.139. The van der Waals surface area contributed by atoms with Gasteiger partial charge in [-0.25, -0.2) is 9.78 Å². The summed E-state index contributed by atoms with van der Waals surface area (Å²) in [6, 6.07) is 29.2. The molecule has 3 aliphatic heterocycles. The molecule has 4 N–H and O–H groups in total. The fraction of sp³-hybridized carbons (Fsp3) is 0.451. The van der Waals surface area contributed by atoms with E-state index in [1.165, 1.54) is 25.5 Å². The van der Waals surface area contributed by atoms with Gasteiger partial charge in [0.1, 0.15) is 17.9 Å². The molecule has 4 heterocycles. The maximum absolute atomic E-state index is 13.4. The van der Waals surface area contributed by atoms with Gasteiger partial charge in [0, 0.05) is 55.0 Å². The molecule has 3 fully saturated rings. The Bertz CT molecular complexity index is 2170. The second kappa shape index (κ2) is 26.0. The zero-order chi connectivity index (χ0) is 48.3. The highest BCUT2D eigenvalue weighted by molar-refractivity contribution is 5.99. The van der Waals surface area contributed by atoms with Crippen molar-refractivity contribution in [2.24, 2.45) is 11.8 Å². The summed E-state index contributed by atoms with van der Waals surface area (Å²) >= 11 is 0. The molecule has 3 saturated heterocycles. The Morgan fingerprint density at radius 1 is 0.746 bits per heavy atom. The Morgan fingerprint density at radius 2 is 1.37 bits per heavy atom. The highest BCUT2D eigenvalue weighted by Crippen LogP contribution is 2.37. The molecule has 0 bridgehead atoms. The van der Waals surface area contributed by atoms with Gasteiger partial charge in [-0.15, -0.1) is 0 Å². The second-order valence-electron chi connectivity index (χ2n) is 17.3. The van der Waals surface area contributed by atoms with Crippen LogP contribution in [0.15, 0.2) is 97.2 Å². The summed E-state index contributed by atoms with van der Waals surface area (Å²) in [5, 5.41) is 11.5. The lowest BCUT2D eigenvalue weighted by atomic mass is 10.0. The van der Waals surface area contributed by atoms with Gasteiger partial charge in [0.05, 0.1) is 39.5 Å². The molecular formula is C51H68N8O8. The highest BCUT2D eigenvalue weighted by Gasteiger charge is 2.39. The molecule has 0 aliphatic carbocycles. The molecule has 3 unspecified atom stereocenters. The van der Waals surface area contributed by atoms with Crippen LogP contribution in [0.25, 0.3) is 11.1 Å². The number of likely N-dealkylation sites (N-methyl/N-ethyl adjacent to an activating group) is 1. The van der Waals surface area contributed by atoms with Crippen LogP contribution in [0.4, 0.5) is 27.7 Å². The number of para-hydroxylation sites is 1. The van der Waals surface area contributed by atoms with Crippen LogP contribution in [-0.4, -0.2) is 119 Å². The molecule has 16 heteroatoms. The molecule has 360 valence electrons. The number of alkyl carbamates (subject to hydrolysis) is 1. The number of hydrogen-bond acceptors (Lipinski definition) is 12. The van der Waals surface area contributed by atoms with Gasteiger partial charge in [0.25, 0.3) is 6.47 Å². The van der Waals surface area contributed by atoms with E-state index in [2.05, 4.69) is 84.3 Å². The minimum atomic E-state index is -0.764. The molecule has 4 amide bonds. The van der Waals surface area contributed by atoms with E-state index in [4.69, 9.17) is 19.3 Å². The number of carbonyl (C=O) groups excluding carboxylic acids is 5. The van der Waals surface area contributed by atoms with Crippen molar-refractivity contribution in [3.05, 3.63) is 103 Å². The molecule has 4 aromatic rings. The van der Waals surface area contributed by atoms with Crippen molar-refractivity contribution in [2.45, 2.75) is 77.5 Å². The summed E-state index contributed by atoms with van der Waals surface area (Å²) in [6.07, 6.45) is 4.74. The molecule has 67 heavy (non-hydrogen) atoms. The Kier molecular flexibility index (Phi) is 20.0. The van der Waals surface area contributed by atoms with E-state index in [9.17, 15) is 19.2 Å². The summed E-state index contributed by atoms with van der Waals surface area (Å²) in [5.41, 5.74) is 6.14. The summed E-state index contributed by atoms with van der Waals surface area (Å²) < 4.78 is 14.0. The first-order chi connectivity index (χ1) is 32.4. The summed E-state index contributed by atoms with van der Waals surface area (Å²) in [6.45, 7) is 12.8. The van der Waals surface area contributed by atoms with E-state index in [1.54, 1.807) is 11.9 Å². The number of nitrogens with one attached hydrogen (secondary N) is 4. The van der Waals surface area contributed by atoms with Crippen LogP contribution in [0.2, 0.25) is 0 Å². The van der Waals surface area contributed by atoms with Crippen LogP contribution in [0.1, 0.15) is 65.0 Å². The molecule has 0 spiro atoms. The Labute approximate surface area is 395 Å². The zero-order valence-electron chi connectivity index (χ0n) is 39.9. The molecule has 3 aromatic carbocycles. The normalized spacial score (nSPS) is 17.5. The number of hydrogen-bond donors (Lipinski definition) is 4. The van der Waals surface area contributed by atoms with Crippen molar-refractivity contribution < 1.29 is 38.2 Å². The molecule has 16 nitrogen and oxygen atoms in total. The van der Waals surface area contributed by atoms with Crippen LogP contribution in [-0.2, 0) is 33.4 Å².